The predicted octanol–water partition coefficient (Wildman–Crippen LogP) is 2.53. The third-order valence-corrected chi connectivity index (χ3v) is 2.51. The van der Waals surface area contributed by atoms with E-state index in [0.717, 1.165) is 5.56 Å². The number of methoxy groups -OCH3 is 1. The molecule has 0 saturated carbocycles. The molecule has 1 rings (SSSR count). The molecule has 0 N–H and O–H groups in total. The van der Waals surface area contributed by atoms with Crippen LogP contribution in [0.15, 0.2) is 16.7 Å². The van der Waals surface area contributed by atoms with Crippen LogP contribution in [0.25, 0.3) is 0 Å². The summed E-state index contributed by atoms with van der Waals surface area (Å²) >= 11 is 6.46. The van der Waals surface area contributed by atoms with Crippen LogP contribution in [0.4, 0.5) is 0 Å². The smallest absolute Gasteiger partial charge is 0.357 e. The second-order valence-corrected chi connectivity index (χ2v) is 3.64. The van der Waals surface area contributed by atoms with E-state index in [0.29, 0.717) is 15.6 Å². The molecule has 0 saturated heterocycles. The second kappa shape index (κ2) is 4.72. The first-order valence-corrected chi connectivity index (χ1v) is 5.40. The first-order chi connectivity index (χ1) is 6.19. The summed E-state index contributed by atoms with van der Waals surface area (Å²) in [6.07, 6.45) is 0. The van der Waals surface area contributed by atoms with Crippen LogP contribution in [0, 0.1) is 0 Å². The second-order valence-electron chi connectivity index (χ2n) is 2.27. The quantitative estimate of drug-likeness (QED) is 0.479. The van der Waals surface area contributed by atoms with Gasteiger partial charge >= 0.3 is 5.97 Å². The van der Waals surface area contributed by atoms with Crippen molar-refractivity contribution >= 4 is 37.8 Å². The fourth-order valence-electron chi connectivity index (χ4n) is 0.845. The molecule has 70 valence electrons. The molecule has 0 atom stereocenters. The van der Waals surface area contributed by atoms with Crippen LogP contribution in [0.1, 0.15) is 16.1 Å². The van der Waals surface area contributed by atoms with E-state index in [9.17, 15) is 4.79 Å². The van der Waals surface area contributed by atoms with E-state index in [2.05, 4.69) is 41.6 Å². The van der Waals surface area contributed by atoms with Crippen molar-refractivity contribution in [2.75, 3.05) is 7.11 Å². The summed E-state index contributed by atoms with van der Waals surface area (Å²) in [7, 11) is 1.34. The number of pyridine rings is 1. The van der Waals surface area contributed by atoms with Gasteiger partial charge in [0.05, 0.1) is 7.11 Å². The number of carbonyl (C=O) groups excluding carboxylic acids is 1. The minimum Gasteiger partial charge on any atom is -0.464 e. The number of alkyl halides is 1. The Labute approximate surface area is 92.8 Å². The van der Waals surface area contributed by atoms with Crippen molar-refractivity contribution in [2.45, 2.75) is 5.33 Å². The number of carbonyl (C=O) groups is 1. The minimum atomic E-state index is -0.421. The predicted molar refractivity (Wildman–Crippen MR) is 55.9 cm³/mol. The molecule has 1 aromatic heterocycles. The lowest BCUT2D eigenvalue weighted by atomic mass is 10.2. The Morgan fingerprint density at radius 1 is 1.62 bits per heavy atom. The molecule has 0 unspecified atom stereocenters. The topological polar surface area (TPSA) is 39.2 Å². The van der Waals surface area contributed by atoms with Crippen LogP contribution in [-0.2, 0) is 10.1 Å². The first-order valence-electron chi connectivity index (χ1n) is 3.48. The Kier molecular flexibility index (Phi) is 3.87. The highest BCUT2D eigenvalue weighted by Gasteiger charge is 2.12. The highest BCUT2D eigenvalue weighted by atomic mass is 79.9. The van der Waals surface area contributed by atoms with Crippen molar-refractivity contribution < 1.29 is 9.53 Å². The summed E-state index contributed by atoms with van der Waals surface area (Å²) in [5.41, 5.74) is 1.16. The SMILES string of the molecule is COC(=O)c1nc(Br)ccc1CBr. The number of hydrogen-bond donors (Lipinski definition) is 0. The van der Waals surface area contributed by atoms with Gasteiger partial charge in [0.2, 0.25) is 0 Å². The highest BCUT2D eigenvalue weighted by molar-refractivity contribution is 9.10. The molecule has 0 radical (unpaired) electrons. The van der Waals surface area contributed by atoms with Gasteiger partial charge in [0.1, 0.15) is 4.60 Å². The minimum absolute atomic E-state index is 0.341. The van der Waals surface area contributed by atoms with Gasteiger partial charge in [0, 0.05) is 5.33 Å². The number of ether oxygens (including phenoxy) is 1. The van der Waals surface area contributed by atoms with Gasteiger partial charge in [-0.05, 0) is 27.6 Å². The third kappa shape index (κ3) is 2.51. The van der Waals surface area contributed by atoms with Crippen molar-refractivity contribution in [2.24, 2.45) is 0 Å². The van der Waals surface area contributed by atoms with Gasteiger partial charge in [0.25, 0.3) is 0 Å². The zero-order chi connectivity index (χ0) is 9.84. The average molecular weight is 309 g/mol. The lowest BCUT2D eigenvalue weighted by Gasteiger charge is -2.03. The van der Waals surface area contributed by atoms with E-state index < -0.39 is 5.97 Å². The van der Waals surface area contributed by atoms with Crippen molar-refractivity contribution in [3.05, 3.63) is 28.0 Å². The van der Waals surface area contributed by atoms with E-state index in [1.54, 1.807) is 6.07 Å². The summed E-state index contributed by atoms with van der Waals surface area (Å²) < 4.78 is 5.21. The molecule has 0 aromatic carbocycles. The summed E-state index contributed by atoms with van der Waals surface area (Å²) in [6.45, 7) is 0. The Hall–Kier alpha value is -0.420. The van der Waals surface area contributed by atoms with E-state index in [1.807, 2.05) is 6.07 Å². The molecule has 0 fully saturated rings. The molecule has 3 nitrogen and oxygen atoms in total. The van der Waals surface area contributed by atoms with Crippen molar-refractivity contribution in [1.82, 2.24) is 4.98 Å². The number of rotatable bonds is 2. The van der Waals surface area contributed by atoms with Gasteiger partial charge in [-0.2, -0.15) is 0 Å². The van der Waals surface area contributed by atoms with Crippen molar-refractivity contribution in [3.8, 4) is 0 Å². The zero-order valence-corrected chi connectivity index (χ0v) is 10.1. The molecule has 5 heteroatoms. The fraction of sp³-hybridized carbons (Fsp3) is 0.250. The Morgan fingerprint density at radius 2 is 2.31 bits per heavy atom. The maximum absolute atomic E-state index is 11.2. The number of nitrogens with zero attached hydrogens (tertiary/aromatic N) is 1. The van der Waals surface area contributed by atoms with Gasteiger partial charge in [-0.15, -0.1) is 0 Å². The largest absolute Gasteiger partial charge is 0.464 e. The molecule has 13 heavy (non-hydrogen) atoms. The van der Waals surface area contributed by atoms with Crippen LogP contribution in [0.5, 0.6) is 0 Å². The standard InChI is InChI=1S/C8H7Br2NO2/c1-13-8(12)7-5(4-9)2-3-6(10)11-7/h2-3H,4H2,1H3. The monoisotopic (exact) mass is 307 g/mol. The van der Waals surface area contributed by atoms with Crippen LogP contribution >= 0.6 is 31.9 Å². The highest BCUT2D eigenvalue weighted by Crippen LogP contribution is 2.15. The molecule has 0 aliphatic rings. The van der Waals surface area contributed by atoms with Crippen molar-refractivity contribution in [1.29, 1.82) is 0 Å². The molecule has 0 aliphatic heterocycles. The van der Waals surface area contributed by atoms with E-state index >= 15 is 0 Å². The summed E-state index contributed by atoms with van der Waals surface area (Å²) in [5, 5.41) is 0.581. The van der Waals surface area contributed by atoms with Gasteiger partial charge < -0.3 is 4.74 Å². The van der Waals surface area contributed by atoms with Crippen molar-refractivity contribution in [3.63, 3.8) is 0 Å². The normalized spacial score (nSPS) is 9.77. The first kappa shape index (κ1) is 10.7. The number of halogens is 2. The van der Waals surface area contributed by atoms with Gasteiger partial charge in [-0.25, -0.2) is 9.78 Å². The van der Waals surface area contributed by atoms with Crippen LogP contribution < -0.4 is 0 Å². The van der Waals surface area contributed by atoms with E-state index in [-0.39, 0.29) is 0 Å². The molecule has 0 bridgehead atoms. The zero-order valence-electron chi connectivity index (χ0n) is 6.88. The number of esters is 1. The number of aromatic nitrogens is 1. The average Bonchev–Trinajstić information content (AvgIpc) is 2.16. The molecule has 1 heterocycles. The molecule has 0 aliphatic carbocycles. The summed E-state index contributed by atoms with van der Waals surface area (Å²) in [5.74, 6) is -0.421. The summed E-state index contributed by atoms with van der Waals surface area (Å²) in [4.78, 5) is 15.2. The molecular formula is C8H7Br2NO2. The maximum Gasteiger partial charge on any atom is 0.357 e. The molecule has 0 amide bonds. The van der Waals surface area contributed by atoms with E-state index in [4.69, 9.17) is 0 Å². The number of hydrogen-bond acceptors (Lipinski definition) is 3. The lowest BCUT2D eigenvalue weighted by molar-refractivity contribution is 0.0593. The van der Waals surface area contributed by atoms with Gasteiger partial charge in [0.15, 0.2) is 5.69 Å². The molecule has 1 aromatic rings. The third-order valence-electron chi connectivity index (χ3n) is 1.47. The van der Waals surface area contributed by atoms with Crippen LogP contribution in [0.3, 0.4) is 0 Å². The maximum atomic E-state index is 11.2. The Morgan fingerprint density at radius 3 is 2.85 bits per heavy atom. The molecular weight excluding hydrogens is 302 g/mol. The van der Waals surface area contributed by atoms with Crippen LogP contribution in [0.2, 0.25) is 0 Å². The lowest BCUT2D eigenvalue weighted by Crippen LogP contribution is -2.07. The Bertz CT molecular complexity index is 328. The Balaban J connectivity index is 3.15. The van der Waals surface area contributed by atoms with E-state index in [1.165, 1.54) is 7.11 Å². The fourth-order valence-corrected chi connectivity index (χ4v) is 1.61. The van der Waals surface area contributed by atoms with Crippen LogP contribution in [-0.4, -0.2) is 18.1 Å². The molecule has 0 spiro atoms. The summed E-state index contributed by atoms with van der Waals surface area (Å²) in [6, 6.07) is 3.60. The van der Waals surface area contributed by atoms with Gasteiger partial charge in [-0.1, -0.05) is 22.0 Å². The van der Waals surface area contributed by atoms with Gasteiger partial charge in [-0.3, -0.25) is 0 Å².